The van der Waals surface area contributed by atoms with E-state index in [1.165, 1.54) is 0 Å². The predicted molar refractivity (Wildman–Crippen MR) is 85.2 cm³/mol. The van der Waals surface area contributed by atoms with Crippen molar-refractivity contribution in [1.82, 2.24) is 5.32 Å². The van der Waals surface area contributed by atoms with E-state index in [0.717, 1.165) is 10.9 Å². The van der Waals surface area contributed by atoms with Crippen LogP contribution in [0.15, 0.2) is 22.7 Å². The summed E-state index contributed by atoms with van der Waals surface area (Å²) in [5.74, 6) is 0.346. The van der Waals surface area contributed by atoms with Crippen LogP contribution in [-0.4, -0.2) is 17.8 Å². The van der Waals surface area contributed by atoms with Gasteiger partial charge in [-0.2, -0.15) is 0 Å². The van der Waals surface area contributed by atoms with Crippen LogP contribution in [0.3, 0.4) is 0 Å². The molecule has 19 heavy (non-hydrogen) atoms. The lowest BCUT2D eigenvalue weighted by atomic mass is 9.85. The Morgan fingerprint density at radius 3 is 2.53 bits per heavy atom. The summed E-state index contributed by atoms with van der Waals surface area (Å²) >= 11 is 15.2. The topological polar surface area (TPSA) is 29.1 Å². The number of carbonyl (C=O) groups is 1. The van der Waals surface area contributed by atoms with Gasteiger partial charge in [0.2, 0.25) is 0 Å². The number of benzene rings is 1. The second kappa shape index (κ2) is 6.96. The molecule has 0 radical (unpaired) electrons. The lowest BCUT2D eigenvalue weighted by molar-refractivity contribution is 0.0900. The molecular weight excluding hydrogens is 349 g/mol. The molecule has 106 valence electrons. The third kappa shape index (κ3) is 4.97. The Bertz CT molecular complexity index is 457. The minimum absolute atomic E-state index is 0.0113. The van der Waals surface area contributed by atoms with Gasteiger partial charge in [-0.3, -0.25) is 4.79 Å². The van der Waals surface area contributed by atoms with E-state index in [2.05, 4.69) is 42.0 Å². The molecule has 0 saturated carbocycles. The summed E-state index contributed by atoms with van der Waals surface area (Å²) in [4.78, 5) is 12.3. The zero-order valence-corrected chi connectivity index (χ0v) is 14.4. The fourth-order valence-corrected chi connectivity index (χ4v) is 2.72. The molecule has 1 amide bonds. The van der Waals surface area contributed by atoms with Gasteiger partial charge in [0.25, 0.3) is 5.91 Å². The van der Waals surface area contributed by atoms with Gasteiger partial charge in [-0.05, 0) is 30.0 Å². The van der Waals surface area contributed by atoms with Crippen molar-refractivity contribution in [2.24, 2.45) is 5.41 Å². The van der Waals surface area contributed by atoms with Gasteiger partial charge in [0.15, 0.2) is 0 Å². The van der Waals surface area contributed by atoms with Gasteiger partial charge in [0.05, 0.1) is 10.6 Å². The first kappa shape index (κ1) is 16.8. The van der Waals surface area contributed by atoms with Crippen LogP contribution in [0.4, 0.5) is 0 Å². The Kier molecular flexibility index (Phi) is 6.15. The minimum Gasteiger partial charge on any atom is -0.349 e. The number of halogens is 3. The van der Waals surface area contributed by atoms with Crippen molar-refractivity contribution in [3.63, 3.8) is 0 Å². The van der Waals surface area contributed by atoms with Crippen molar-refractivity contribution >= 4 is 45.0 Å². The summed E-state index contributed by atoms with van der Waals surface area (Å²) in [5.41, 5.74) is 0.431. The fourth-order valence-electron chi connectivity index (χ4n) is 1.74. The first-order chi connectivity index (χ1) is 8.75. The molecule has 0 heterocycles. The molecule has 0 aliphatic rings. The smallest absolute Gasteiger partial charge is 0.253 e. The van der Waals surface area contributed by atoms with Crippen molar-refractivity contribution < 1.29 is 4.79 Å². The Morgan fingerprint density at radius 1 is 1.42 bits per heavy atom. The average Bonchev–Trinajstić information content (AvgIpc) is 2.26. The summed E-state index contributed by atoms with van der Waals surface area (Å²) in [5, 5.41) is 3.45. The second-order valence-corrected chi connectivity index (χ2v) is 7.19. The Labute approximate surface area is 133 Å². The Morgan fingerprint density at radius 2 is 2.05 bits per heavy atom. The molecule has 5 heteroatoms. The maximum atomic E-state index is 12.3. The van der Waals surface area contributed by atoms with Gasteiger partial charge in [0.1, 0.15) is 0 Å². The maximum Gasteiger partial charge on any atom is 0.253 e. The molecule has 2 nitrogen and oxygen atoms in total. The number of rotatable bonds is 4. The highest BCUT2D eigenvalue weighted by Crippen LogP contribution is 2.25. The molecule has 0 aliphatic heterocycles. The van der Waals surface area contributed by atoms with Crippen LogP contribution in [0.25, 0.3) is 0 Å². The number of hydrogen-bond donors (Lipinski definition) is 1. The molecule has 1 rings (SSSR count). The van der Waals surface area contributed by atoms with Crippen LogP contribution in [0.1, 0.15) is 37.6 Å². The van der Waals surface area contributed by atoms with Crippen LogP contribution < -0.4 is 5.32 Å². The van der Waals surface area contributed by atoms with Crippen molar-refractivity contribution in [3.8, 4) is 0 Å². The monoisotopic (exact) mass is 365 g/mol. The van der Waals surface area contributed by atoms with E-state index in [0.29, 0.717) is 16.5 Å². The molecule has 1 aromatic rings. The van der Waals surface area contributed by atoms with Crippen LogP contribution in [0, 0.1) is 5.41 Å². The number of nitrogens with one attached hydrogen (secondary N) is 1. The van der Waals surface area contributed by atoms with Gasteiger partial charge in [-0.1, -0.05) is 48.3 Å². The standard InChI is InChI=1S/C14H18BrCl2NO/c1-14(2,3)12(6-7-16)18-13(19)10-5-4-9(15)8-11(10)17/h4-5,8,12H,6-7H2,1-3H3,(H,18,19). The Balaban J connectivity index is 2.88. The van der Waals surface area contributed by atoms with Gasteiger partial charge in [0, 0.05) is 16.4 Å². The van der Waals surface area contributed by atoms with Crippen molar-refractivity contribution in [3.05, 3.63) is 33.3 Å². The zero-order valence-electron chi connectivity index (χ0n) is 11.3. The van der Waals surface area contributed by atoms with Crippen molar-refractivity contribution in [1.29, 1.82) is 0 Å². The van der Waals surface area contributed by atoms with Crippen molar-refractivity contribution in [2.45, 2.75) is 33.2 Å². The van der Waals surface area contributed by atoms with E-state index in [1.54, 1.807) is 18.2 Å². The van der Waals surface area contributed by atoms with Gasteiger partial charge >= 0.3 is 0 Å². The quantitative estimate of drug-likeness (QED) is 0.756. The molecule has 0 fully saturated rings. The van der Waals surface area contributed by atoms with E-state index < -0.39 is 0 Å². The summed E-state index contributed by atoms with van der Waals surface area (Å²) in [7, 11) is 0. The highest BCUT2D eigenvalue weighted by atomic mass is 79.9. The molecule has 0 bridgehead atoms. The zero-order chi connectivity index (χ0) is 14.6. The van der Waals surface area contributed by atoms with E-state index >= 15 is 0 Å². The maximum absolute atomic E-state index is 12.3. The van der Waals surface area contributed by atoms with Crippen LogP contribution >= 0.6 is 39.1 Å². The summed E-state index contributed by atoms with van der Waals surface area (Å²) in [6.45, 7) is 6.23. The van der Waals surface area contributed by atoms with Gasteiger partial charge < -0.3 is 5.32 Å². The van der Waals surface area contributed by atoms with Crippen LogP contribution in [0.2, 0.25) is 5.02 Å². The largest absolute Gasteiger partial charge is 0.349 e. The number of carbonyl (C=O) groups excluding carboxylic acids is 1. The number of amides is 1. The number of alkyl halides is 1. The highest BCUT2D eigenvalue weighted by Gasteiger charge is 2.26. The van der Waals surface area contributed by atoms with Crippen molar-refractivity contribution in [2.75, 3.05) is 5.88 Å². The first-order valence-electron chi connectivity index (χ1n) is 6.07. The van der Waals surface area contributed by atoms with Crippen LogP contribution in [-0.2, 0) is 0 Å². The molecule has 0 aromatic heterocycles. The van der Waals surface area contributed by atoms with E-state index in [9.17, 15) is 4.79 Å². The third-order valence-corrected chi connectivity index (χ3v) is 3.95. The normalized spacial score (nSPS) is 13.2. The number of hydrogen-bond acceptors (Lipinski definition) is 1. The molecule has 1 atom stereocenters. The predicted octanol–water partition coefficient (Wildman–Crippen LogP) is 4.88. The molecule has 0 aliphatic carbocycles. The van der Waals surface area contributed by atoms with Gasteiger partial charge in [-0.15, -0.1) is 11.6 Å². The summed E-state index contributed by atoms with van der Waals surface area (Å²) in [6.07, 6.45) is 0.727. The molecular formula is C14H18BrCl2NO. The summed E-state index contributed by atoms with van der Waals surface area (Å²) < 4.78 is 0.849. The molecule has 0 saturated heterocycles. The molecule has 0 spiro atoms. The van der Waals surface area contributed by atoms with Gasteiger partial charge in [-0.25, -0.2) is 0 Å². The first-order valence-corrected chi connectivity index (χ1v) is 7.78. The highest BCUT2D eigenvalue weighted by molar-refractivity contribution is 9.10. The Hall–Kier alpha value is -0.250. The van der Waals surface area contributed by atoms with E-state index in [-0.39, 0.29) is 17.4 Å². The van der Waals surface area contributed by atoms with E-state index in [1.807, 2.05) is 0 Å². The lowest BCUT2D eigenvalue weighted by Gasteiger charge is -2.31. The lowest BCUT2D eigenvalue weighted by Crippen LogP contribution is -2.44. The average molecular weight is 367 g/mol. The minimum atomic E-state index is -0.164. The van der Waals surface area contributed by atoms with E-state index in [4.69, 9.17) is 23.2 Å². The molecule has 1 aromatic carbocycles. The fraction of sp³-hybridized carbons (Fsp3) is 0.500. The van der Waals surface area contributed by atoms with Crippen LogP contribution in [0.5, 0.6) is 0 Å². The third-order valence-electron chi connectivity index (χ3n) is 2.92. The molecule has 1 N–H and O–H groups in total. The second-order valence-electron chi connectivity index (χ2n) is 5.49. The summed E-state index contributed by atoms with van der Waals surface area (Å²) in [6, 6.07) is 5.23. The molecule has 1 unspecified atom stereocenters. The SMILES string of the molecule is CC(C)(C)C(CCCl)NC(=O)c1ccc(Br)cc1Cl.